The minimum absolute atomic E-state index is 0.00169. The number of ketones is 5. The van der Waals surface area contributed by atoms with Crippen LogP contribution in [0.3, 0.4) is 0 Å². The van der Waals surface area contributed by atoms with Crippen molar-refractivity contribution in [2.75, 3.05) is 170 Å². The molecule has 105 heavy (non-hydrogen) atoms. The van der Waals surface area contributed by atoms with Gasteiger partial charge in [-0.05, 0) is 72.8 Å². The van der Waals surface area contributed by atoms with Crippen LogP contribution in [0.2, 0.25) is 0 Å². The SMILES string of the molecule is CC(C)C(=O)[C@@H](NC(=O)N1CCN(CC(F)(F)F)CC1)C1CCOCC1.CO[C@@H](C)[C@H](NC(=O)N1CCS(=O)(=O)CC1)C(=O)C(C)C.CO[C@H](C)[C@H](NC(=O)N1CCCCC1)C(=O)C(C)C.CO[C@H](C)[C@H](NC(=O)N1CCN(C)CC1)C(=O)C(C)C.CO[C@H](C)[C@H](NC(=O)N1CCSCC1)C(=O)C(C)C. The zero-order valence-corrected chi connectivity index (χ0v) is 67.7. The van der Waals surface area contributed by atoms with E-state index in [1.54, 1.807) is 91.4 Å². The summed E-state index contributed by atoms with van der Waals surface area (Å²) in [6.07, 6.45) is -0.979. The molecule has 29 nitrogen and oxygen atoms in total. The van der Waals surface area contributed by atoms with E-state index in [4.69, 9.17) is 23.7 Å². The van der Waals surface area contributed by atoms with Crippen LogP contribution in [-0.4, -0.2) is 332 Å². The van der Waals surface area contributed by atoms with Gasteiger partial charge in [-0.1, -0.05) is 69.2 Å². The number of piperazine rings is 2. The van der Waals surface area contributed by atoms with E-state index in [0.717, 1.165) is 63.6 Å². The number of methoxy groups -OCH3 is 4. The summed E-state index contributed by atoms with van der Waals surface area (Å²) in [5.41, 5.74) is 0. The van der Waals surface area contributed by atoms with Gasteiger partial charge in [-0.15, -0.1) is 0 Å². The molecule has 0 aromatic heterocycles. The van der Waals surface area contributed by atoms with Gasteiger partial charge in [-0.2, -0.15) is 24.9 Å². The van der Waals surface area contributed by atoms with Gasteiger partial charge in [0.2, 0.25) is 0 Å². The van der Waals surface area contributed by atoms with Gasteiger partial charge in [0.1, 0.15) is 24.2 Å². The van der Waals surface area contributed by atoms with E-state index >= 15 is 0 Å². The molecular weight excluding hydrogens is 1410 g/mol. The zero-order chi connectivity index (χ0) is 79.6. The van der Waals surface area contributed by atoms with Crippen molar-refractivity contribution in [1.82, 2.24) is 60.9 Å². The first kappa shape index (κ1) is 95.6. The average Bonchev–Trinajstić information content (AvgIpc) is 0.868. The average molecular weight is 1540 g/mol. The lowest BCUT2D eigenvalue weighted by atomic mass is 9.85. The van der Waals surface area contributed by atoms with Gasteiger partial charge in [-0.25, -0.2) is 32.4 Å². The number of alkyl halides is 3. The molecule has 6 aliphatic rings. The van der Waals surface area contributed by atoms with Crippen LogP contribution in [0.15, 0.2) is 0 Å². The number of nitrogens with zero attached hydrogens (tertiary/aromatic N) is 7. The molecule has 6 heterocycles. The Hall–Kier alpha value is -5.49. The molecule has 6 aliphatic heterocycles. The number of ether oxygens (including phenoxy) is 5. The predicted octanol–water partition coefficient (Wildman–Crippen LogP) is 5.71. The van der Waals surface area contributed by atoms with E-state index in [2.05, 4.69) is 31.5 Å². The molecule has 0 spiro atoms. The maximum Gasteiger partial charge on any atom is 0.401 e. The quantitative estimate of drug-likeness (QED) is 0.0731. The fourth-order valence-corrected chi connectivity index (χ4v) is 13.9. The van der Waals surface area contributed by atoms with Crippen LogP contribution < -0.4 is 26.6 Å². The van der Waals surface area contributed by atoms with E-state index < -0.39 is 64.9 Å². The molecule has 34 heteroatoms. The normalized spacial score (nSPS) is 20.2. The number of likely N-dealkylation sites (N-methyl/N-ethyl adjacent to an activating group) is 1. The summed E-state index contributed by atoms with van der Waals surface area (Å²) in [6.45, 7) is 32.6. The van der Waals surface area contributed by atoms with E-state index in [1.165, 1.54) is 28.2 Å². The third-order valence-electron chi connectivity index (χ3n) is 19.3. The maximum absolute atomic E-state index is 12.6. The summed E-state index contributed by atoms with van der Waals surface area (Å²) >= 11 is 1.84. The van der Waals surface area contributed by atoms with Crippen molar-refractivity contribution in [2.24, 2.45) is 35.5 Å². The lowest BCUT2D eigenvalue weighted by Gasteiger charge is -2.37. The topological polar surface area (TPSA) is 334 Å². The largest absolute Gasteiger partial charge is 0.401 e. The highest BCUT2D eigenvalue weighted by molar-refractivity contribution is 7.99. The first-order valence-corrected chi connectivity index (χ1v) is 40.0. The standard InChI is InChI=1S/C17H28F3N3O3.C14H27N3O3.C14H26N2O3.C13H24N2O5S.C13H24N2O3S/c1-12(2)15(24)14(13-3-9-26-10-4-13)21-16(25)23-7-5-22(6-8-23)11-17(18,19)20;1-10(2)13(18)12(11(3)20-5)15-14(19)17-8-6-16(4)7-9-17;1-10(2)13(17)12(11(3)19-4)15-14(18)16-8-6-5-7-9-16;1-9(2)12(16)11(10(3)20-4)14-13(17)15-5-7-21(18,19)8-6-15;1-9(2)12(16)11(10(3)18-4)14-13(17)15-5-7-19-8-6-15/h12-14H,3-11H2,1-2H3,(H,21,25);10-12H,6-9H2,1-5H3,(H,15,19);10-12H,5-9H2,1-4H3,(H,15,18);9-11H,5-8H2,1-4H3,(H,14,17);9-11H,5-8H2,1-4H3,(H,14,17)/t14-;2*11-,12+;10-,11-;10-,11+/m01101/s1. The Morgan fingerprint density at radius 2 is 0.714 bits per heavy atom. The van der Waals surface area contributed by atoms with Crippen molar-refractivity contribution in [1.29, 1.82) is 0 Å². The molecule has 0 bridgehead atoms. The smallest absolute Gasteiger partial charge is 0.381 e. The van der Waals surface area contributed by atoms with Crippen LogP contribution in [0.1, 0.15) is 129 Å². The number of likely N-dealkylation sites (tertiary alicyclic amines) is 1. The number of carbonyl (C=O) groups is 10. The first-order chi connectivity index (χ1) is 49.1. The number of halogens is 3. The van der Waals surface area contributed by atoms with Crippen LogP contribution in [0.25, 0.3) is 0 Å². The molecule has 0 aromatic carbocycles. The van der Waals surface area contributed by atoms with Crippen LogP contribution >= 0.6 is 11.8 Å². The summed E-state index contributed by atoms with van der Waals surface area (Å²) in [4.78, 5) is 134. The molecule has 6 saturated heterocycles. The molecule has 0 aliphatic carbocycles. The Balaban J connectivity index is 0.000000448. The van der Waals surface area contributed by atoms with Crippen molar-refractivity contribution >= 4 is 80.7 Å². The van der Waals surface area contributed by atoms with E-state index in [-0.39, 0.29) is 158 Å². The van der Waals surface area contributed by atoms with Crippen molar-refractivity contribution < 1.29 is 93.2 Å². The van der Waals surface area contributed by atoms with Gasteiger partial charge >= 0.3 is 36.3 Å². The number of Topliss-reactive ketones (excluding diaryl/α,β-unsaturated/α-hetero) is 5. The Morgan fingerprint density at radius 3 is 1.03 bits per heavy atom. The molecule has 608 valence electrons. The number of urea groups is 5. The van der Waals surface area contributed by atoms with Gasteiger partial charge in [-0.3, -0.25) is 28.9 Å². The summed E-state index contributed by atoms with van der Waals surface area (Å²) < 4.78 is 86.2. The summed E-state index contributed by atoms with van der Waals surface area (Å²) in [6, 6.07) is -4.33. The molecule has 0 saturated carbocycles. The summed E-state index contributed by atoms with van der Waals surface area (Å²) in [7, 11) is 5.12. The second-order valence-electron chi connectivity index (χ2n) is 29.1. The molecule has 5 N–H and O–H groups in total. The van der Waals surface area contributed by atoms with Gasteiger partial charge in [0.05, 0.1) is 48.5 Å². The van der Waals surface area contributed by atoms with Crippen LogP contribution in [-0.2, 0) is 57.5 Å². The summed E-state index contributed by atoms with van der Waals surface area (Å²) in [5.74, 6) is 0.960. The second-order valence-corrected chi connectivity index (χ2v) is 32.6. The minimum atomic E-state index is -4.23. The van der Waals surface area contributed by atoms with Crippen LogP contribution in [0, 0.1) is 35.5 Å². The molecule has 6 fully saturated rings. The number of piperidine rings is 1. The van der Waals surface area contributed by atoms with Crippen LogP contribution in [0.4, 0.5) is 37.1 Å². The minimum Gasteiger partial charge on any atom is -0.381 e. The number of hydrogen-bond acceptors (Lipinski definition) is 20. The molecule has 0 radical (unpaired) electrons. The predicted molar refractivity (Wildman–Crippen MR) is 398 cm³/mol. The number of carbonyl (C=O) groups excluding carboxylic acids is 10. The van der Waals surface area contributed by atoms with Gasteiger partial charge < -0.3 is 79.7 Å². The third kappa shape index (κ3) is 34.3. The lowest BCUT2D eigenvalue weighted by molar-refractivity contribution is -0.148. The fraction of sp³-hybridized carbons (Fsp3) is 0.859. The second kappa shape index (κ2) is 48.1. The summed E-state index contributed by atoms with van der Waals surface area (Å²) in [5, 5.41) is 14.0. The number of sulfone groups is 1. The molecule has 10 amide bonds. The van der Waals surface area contributed by atoms with Crippen molar-refractivity contribution in [3.63, 3.8) is 0 Å². The van der Waals surface area contributed by atoms with E-state index in [1.807, 2.05) is 60.4 Å². The van der Waals surface area contributed by atoms with Gasteiger partial charge in [0.25, 0.3) is 0 Å². The Labute approximate surface area is 627 Å². The maximum atomic E-state index is 12.6. The highest BCUT2D eigenvalue weighted by atomic mass is 32.2. The highest BCUT2D eigenvalue weighted by Gasteiger charge is 2.39. The first-order valence-electron chi connectivity index (χ1n) is 37.1. The fourth-order valence-electron chi connectivity index (χ4n) is 11.8. The molecular formula is C71H129F3N12O17S2. The lowest BCUT2D eigenvalue weighted by Crippen LogP contribution is -2.57. The third-order valence-corrected chi connectivity index (χ3v) is 21.9. The molecule has 9 atom stereocenters. The highest BCUT2D eigenvalue weighted by Crippen LogP contribution is 2.24. The van der Waals surface area contributed by atoms with Gasteiger partial charge in [0.15, 0.2) is 38.8 Å². The van der Waals surface area contributed by atoms with Gasteiger partial charge in [0, 0.05) is 174 Å². The number of nitrogens with one attached hydrogen (secondary N) is 5. The molecule has 0 aromatic rings. The number of amides is 10. The monoisotopic (exact) mass is 1540 g/mol. The zero-order valence-electron chi connectivity index (χ0n) is 66.1. The van der Waals surface area contributed by atoms with Crippen molar-refractivity contribution in [2.45, 2.75) is 190 Å². The number of thioether (sulfide) groups is 1. The Bertz CT molecular complexity index is 2720. The Morgan fingerprint density at radius 1 is 0.419 bits per heavy atom. The Kier molecular flexibility index (Phi) is 43.8. The number of rotatable bonds is 25. The molecule has 0 unspecified atom stereocenters. The van der Waals surface area contributed by atoms with Crippen molar-refractivity contribution in [3.05, 3.63) is 0 Å². The van der Waals surface area contributed by atoms with Crippen molar-refractivity contribution in [3.8, 4) is 0 Å². The van der Waals surface area contributed by atoms with E-state index in [9.17, 15) is 69.5 Å². The van der Waals surface area contributed by atoms with E-state index in [0.29, 0.717) is 39.1 Å². The number of hydrogen-bond donors (Lipinski definition) is 5. The molecule has 6 rings (SSSR count). The van der Waals surface area contributed by atoms with Crippen LogP contribution in [0.5, 0.6) is 0 Å².